The first-order valence-corrected chi connectivity index (χ1v) is 8.11. The number of methoxy groups -OCH3 is 2. The Morgan fingerprint density at radius 3 is 2.62 bits per heavy atom. The van der Waals surface area contributed by atoms with E-state index in [0.717, 1.165) is 6.33 Å². The molecule has 0 fully saturated rings. The van der Waals surface area contributed by atoms with E-state index in [2.05, 4.69) is 26.1 Å². The zero-order valence-corrected chi connectivity index (χ0v) is 15.3. The summed E-state index contributed by atoms with van der Waals surface area (Å²) in [6.07, 6.45) is 2.43. The van der Waals surface area contributed by atoms with E-state index in [1.54, 1.807) is 18.2 Å². The number of anilines is 3. The number of nitrogens with zero attached hydrogens (tertiary/aromatic N) is 3. The van der Waals surface area contributed by atoms with Crippen LogP contribution in [0.15, 0.2) is 47.3 Å². The number of furan rings is 1. The third-order valence-corrected chi connectivity index (χ3v) is 3.70. The lowest BCUT2D eigenvalue weighted by molar-refractivity contribution is -0.383. The fraction of sp³-hybridized carbons (Fsp3) is 0.118. The minimum Gasteiger partial charge on any atom is -0.497 e. The van der Waals surface area contributed by atoms with Crippen molar-refractivity contribution in [1.82, 2.24) is 15.4 Å². The highest BCUT2D eigenvalue weighted by atomic mass is 16.6. The van der Waals surface area contributed by atoms with Crippen LogP contribution in [0.2, 0.25) is 0 Å². The molecule has 2 heterocycles. The van der Waals surface area contributed by atoms with E-state index in [-0.39, 0.29) is 17.4 Å². The number of benzene rings is 1. The van der Waals surface area contributed by atoms with Gasteiger partial charge in [-0.3, -0.25) is 25.8 Å². The van der Waals surface area contributed by atoms with Gasteiger partial charge in [0.25, 0.3) is 0 Å². The smallest absolute Gasteiger partial charge is 0.355 e. The van der Waals surface area contributed by atoms with Gasteiger partial charge in [0.05, 0.1) is 31.1 Å². The molecule has 29 heavy (non-hydrogen) atoms. The first kappa shape index (κ1) is 19.4. The van der Waals surface area contributed by atoms with E-state index in [1.807, 2.05) is 0 Å². The molecule has 0 aliphatic rings. The van der Waals surface area contributed by atoms with Crippen LogP contribution < -0.4 is 25.6 Å². The summed E-state index contributed by atoms with van der Waals surface area (Å²) in [4.78, 5) is 30.7. The van der Waals surface area contributed by atoms with Gasteiger partial charge in [-0.15, -0.1) is 0 Å². The van der Waals surface area contributed by atoms with Gasteiger partial charge < -0.3 is 19.2 Å². The van der Waals surface area contributed by atoms with Gasteiger partial charge in [-0.25, -0.2) is 9.97 Å². The molecule has 1 aromatic carbocycles. The molecule has 0 spiro atoms. The number of amides is 1. The minimum atomic E-state index is -0.684. The second-order valence-corrected chi connectivity index (χ2v) is 5.42. The quantitative estimate of drug-likeness (QED) is 0.379. The Morgan fingerprint density at radius 1 is 1.17 bits per heavy atom. The van der Waals surface area contributed by atoms with Crippen LogP contribution in [0.4, 0.5) is 23.0 Å². The average Bonchev–Trinajstić information content (AvgIpc) is 3.26. The first-order valence-electron chi connectivity index (χ1n) is 8.11. The Balaban J connectivity index is 1.89. The van der Waals surface area contributed by atoms with Gasteiger partial charge >= 0.3 is 11.6 Å². The molecule has 0 aliphatic heterocycles. The predicted octanol–water partition coefficient (Wildman–Crippen LogP) is 2.50. The lowest BCUT2D eigenvalue weighted by atomic mass is 10.2. The number of nitro groups is 1. The Bertz CT molecular complexity index is 1020. The molecular weight excluding hydrogens is 384 g/mol. The number of nitrogens with one attached hydrogen (secondary N) is 3. The minimum absolute atomic E-state index is 0.0219. The summed E-state index contributed by atoms with van der Waals surface area (Å²) in [5.74, 6) is -0.0328. The molecule has 3 aromatic rings. The number of hydrogen-bond acceptors (Lipinski definition) is 10. The van der Waals surface area contributed by atoms with Crippen molar-refractivity contribution in [2.24, 2.45) is 0 Å². The normalized spacial score (nSPS) is 10.1. The van der Waals surface area contributed by atoms with Gasteiger partial charge in [-0.1, -0.05) is 0 Å². The first-order chi connectivity index (χ1) is 14.0. The summed E-state index contributed by atoms with van der Waals surface area (Å²) in [6.45, 7) is 0. The van der Waals surface area contributed by atoms with Crippen LogP contribution in [0.5, 0.6) is 11.5 Å². The SMILES string of the molecule is COc1ccc(OC)c(Nc2ncnc(NNC(=O)c3ccco3)c2[N+](=O)[O-])c1. The molecule has 150 valence electrons. The molecule has 0 radical (unpaired) electrons. The Morgan fingerprint density at radius 2 is 1.97 bits per heavy atom. The molecule has 0 unspecified atom stereocenters. The highest BCUT2D eigenvalue weighted by Crippen LogP contribution is 2.35. The fourth-order valence-corrected chi connectivity index (χ4v) is 2.36. The largest absolute Gasteiger partial charge is 0.497 e. The second-order valence-electron chi connectivity index (χ2n) is 5.42. The summed E-state index contributed by atoms with van der Waals surface area (Å²) in [5, 5.41) is 14.5. The van der Waals surface area contributed by atoms with Crippen LogP contribution in [-0.2, 0) is 0 Å². The molecule has 1 amide bonds. The van der Waals surface area contributed by atoms with Crippen molar-refractivity contribution in [3.05, 3.63) is 58.8 Å². The zero-order chi connectivity index (χ0) is 20.8. The maximum Gasteiger partial charge on any atom is 0.355 e. The van der Waals surface area contributed by atoms with E-state index < -0.39 is 16.5 Å². The van der Waals surface area contributed by atoms with E-state index in [1.165, 1.54) is 32.6 Å². The van der Waals surface area contributed by atoms with Gasteiger partial charge in [0, 0.05) is 6.07 Å². The van der Waals surface area contributed by atoms with Crippen molar-refractivity contribution in [2.45, 2.75) is 0 Å². The van der Waals surface area contributed by atoms with Gasteiger partial charge in [-0.2, -0.15) is 0 Å². The molecule has 0 saturated carbocycles. The fourth-order valence-electron chi connectivity index (χ4n) is 2.36. The van der Waals surface area contributed by atoms with Crippen LogP contribution in [0.1, 0.15) is 10.6 Å². The van der Waals surface area contributed by atoms with Gasteiger partial charge in [0.2, 0.25) is 11.6 Å². The molecule has 0 aliphatic carbocycles. The molecule has 0 saturated heterocycles. The topological polar surface area (TPSA) is 154 Å². The second kappa shape index (κ2) is 8.56. The molecule has 2 aromatic heterocycles. The third kappa shape index (κ3) is 4.32. The Kier molecular flexibility index (Phi) is 5.73. The predicted molar refractivity (Wildman–Crippen MR) is 101 cm³/mol. The van der Waals surface area contributed by atoms with Crippen LogP contribution in [-0.4, -0.2) is 35.0 Å². The summed E-state index contributed by atoms with van der Waals surface area (Å²) >= 11 is 0. The lowest BCUT2D eigenvalue weighted by Gasteiger charge is -2.13. The highest BCUT2D eigenvalue weighted by Gasteiger charge is 2.25. The number of aromatic nitrogens is 2. The van der Waals surface area contributed by atoms with E-state index in [0.29, 0.717) is 17.2 Å². The standard InChI is InChI=1S/C17H16N6O6/c1-27-10-5-6-12(28-2)11(8-10)20-15-14(23(25)26)16(19-9-18-15)21-22-17(24)13-4-3-7-29-13/h3-9H,1-2H3,(H,22,24)(H2,18,19,20,21). The van der Waals surface area contributed by atoms with Crippen molar-refractivity contribution < 1.29 is 23.6 Å². The monoisotopic (exact) mass is 400 g/mol. The molecule has 12 nitrogen and oxygen atoms in total. The molecule has 0 bridgehead atoms. The molecule has 3 rings (SSSR count). The molecule has 0 atom stereocenters. The van der Waals surface area contributed by atoms with Crippen LogP contribution in [0.25, 0.3) is 0 Å². The van der Waals surface area contributed by atoms with Gasteiger partial charge in [-0.05, 0) is 24.3 Å². The van der Waals surface area contributed by atoms with Crippen molar-refractivity contribution in [3.63, 3.8) is 0 Å². The number of carbonyl (C=O) groups is 1. The van der Waals surface area contributed by atoms with Crippen molar-refractivity contribution in [3.8, 4) is 11.5 Å². The highest BCUT2D eigenvalue weighted by molar-refractivity contribution is 5.92. The number of carbonyl (C=O) groups excluding carboxylic acids is 1. The number of ether oxygens (including phenoxy) is 2. The maximum absolute atomic E-state index is 12.0. The molecular formula is C17H16N6O6. The Labute approximate surface area is 164 Å². The van der Waals surface area contributed by atoms with Crippen LogP contribution in [0.3, 0.4) is 0 Å². The van der Waals surface area contributed by atoms with Crippen molar-refractivity contribution >= 4 is 28.9 Å². The number of hydrogen-bond donors (Lipinski definition) is 3. The van der Waals surface area contributed by atoms with E-state index in [4.69, 9.17) is 13.9 Å². The summed E-state index contributed by atoms with van der Waals surface area (Å²) < 4.78 is 15.4. The lowest BCUT2D eigenvalue weighted by Crippen LogP contribution is -2.30. The van der Waals surface area contributed by atoms with Crippen LogP contribution in [0, 0.1) is 10.1 Å². The third-order valence-electron chi connectivity index (χ3n) is 3.70. The van der Waals surface area contributed by atoms with E-state index >= 15 is 0 Å². The average molecular weight is 400 g/mol. The summed E-state index contributed by atoms with van der Waals surface area (Å²) in [5.41, 5.74) is 4.59. The van der Waals surface area contributed by atoms with Crippen LogP contribution >= 0.6 is 0 Å². The number of rotatable bonds is 8. The molecule has 3 N–H and O–H groups in total. The zero-order valence-electron chi connectivity index (χ0n) is 15.3. The van der Waals surface area contributed by atoms with Crippen molar-refractivity contribution in [1.29, 1.82) is 0 Å². The maximum atomic E-state index is 12.0. The van der Waals surface area contributed by atoms with Gasteiger partial charge in [0.1, 0.15) is 17.8 Å². The summed E-state index contributed by atoms with van der Waals surface area (Å²) in [7, 11) is 2.95. The Hall–Kier alpha value is -4.35. The van der Waals surface area contributed by atoms with Crippen molar-refractivity contribution in [2.75, 3.05) is 25.0 Å². The van der Waals surface area contributed by atoms with Gasteiger partial charge in [0.15, 0.2) is 5.76 Å². The summed E-state index contributed by atoms with van der Waals surface area (Å²) in [6, 6.07) is 7.88. The number of hydrazine groups is 1. The molecule has 12 heteroatoms. The van der Waals surface area contributed by atoms with E-state index in [9.17, 15) is 14.9 Å².